The minimum Gasteiger partial charge on any atom is -0.351 e. The number of nitrogens with two attached hydrogens (primary N) is 1. The van der Waals surface area contributed by atoms with E-state index in [1.54, 1.807) is 6.20 Å². The van der Waals surface area contributed by atoms with Gasteiger partial charge in [0.05, 0.1) is 6.04 Å². The summed E-state index contributed by atoms with van der Waals surface area (Å²) >= 11 is 0. The highest BCUT2D eigenvalue weighted by Crippen LogP contribution is 2.27. The van der Waals surface area contributed by atoms with Crippen molar-refractivity contribution < 1.29 is 9.47 Å². The van der Waals surface area contributed by atoms with E-state index in [2.05, 4.69) is 10.4 Å². The Morgan fingerprint density at radius 1 is 1.20 bits per heavy atom. The molecule has 0 radical (unpaired) electrons. The van der Waals surface area contributed by atoms with Gasteiger partial charge in [0.1, 0.15) is 0 Å². The fraction of sp³-hybridized carbons (Fsp3) is 0.400. The summed E-state index contributed by atoms with van der Waals surface area (Å²) in [6.45, 7) is 4.99. The van der Waals surface area contributed by atoms with E-state index in [9.17, 15) is 0 Å². The maximum Gasteiger partial charge on any atom is 0.178 e. The SMILES string of the molecule is CCOC(OCC)C(NN)c1cccc2ccncc12. The second kappa shape index (κ2) is 7.31. The fourth-order valence-electron chi connectivity index (χ4n) is 2.29. The highest BCUT2D eigenvalue weighted by molar-refractivity contribution is 5.85. The average molecular weight is 275 g/mol. The molecule has 5 nitrogen and oxygen atoms in total. The van der Waals surface area contributed by atoms with Gasteiger partial charge in [0.15, 0.2) is 6.29 Å². The van der Waals surface area contributed by atoms with Crippen LogP contribution < -0.4 is 11.3 Å². The molecule has 0 aliphatic carbocycles. The molecule has 0 aliphatic rings. The summed E-state index contributed by atoms with van der Waals surface area (Å²) in [7, 11) is 0. The highest BCUT2D eigenvalue weighted by Gasteiger charge is 2.24. The maximum atomic E-state index is 5.73. The molecule has 1 heterocycles. The summed E-state index contributed by atoms with van der Waals surface area (Å²) in [5.74, 6) is 5.73. The number of hydrogen-bond donors (Lipinski definition) is 2. The molecule has 1 aromatic carbocycles. The minimum absolute atomic E-state index is 0.247. The zero-order valence-electron chi connectivity index (χ0n) is 11.9. The lowest BCUT2D eigenvalue weighted by Crippen LogP contribution is -2.39. The van der Waals surface area contributed by atoms with E-state index >= 15 is 0 Å². The monoisotopic (exact) mass is 275 g/mol. The van der Waals surface area contributed by atoms with Gasteiger partial charge in [-0.1, -0.05) is 18.2 Å². The molecule has 0 saturated carbocycles. The van der Waals surface area contributed by atoms with Crippen molar-refractivity contribution >= 4 is 10.8 Å². The Labute approximate surface area is 119 Å². The molecule has 1 atom stereocenters. The van der Waals surface area contributed by atoms with Crippen molar-refractivity contribution in [1.29, 1.82) is 0 Å². The van der Waals surface area contributed by atoms with E-state index in [-0.39, 0.29) is 6.04 Å². The van der Waals surface area contributed by atoms with Gasteiger partial charge in [-0.3, -0.25) is 10.8 Å². The molecule has 0 saturated heterocycles. The summed E-state index contributed by atoms with van der Waals surface area (Å²) in [5, 5.41) is 2.16. The first kappa shape index (κ1) is 14.9. The van der Waals surface area contributed by atoms with Gasteiger partial charge in [-0.2, -0.15) is 0 Å². The van der Waals surface area contributed by atoms with E-state index in [0.717, 1.165) is 16.3 Å². The molecule has 2 aromatic rings. The van der Waals surface area contributed by atoms with Crippen LogP contribution in [0.15, 0.2) is 36.7 Å². The summed E-state index contributed by atoms with van der Waals surface area (Å²) in [4.78, 5) is 4.19. The molecule has 0 fully saturated rings. The Hall–Kier alpha value is -1.53. The zero-order chi connectivity index (χ0) is 14.4. The van der Waals surface area contributed by atoms with Gasteiger partial charge in [0, 0.05) is 31.0 Å². The van der Waals surface area contributed by atoms with Crippen LogP contribution >= 0.6 is 0 Å². The molecule has 0 amide bonds. The summed E-state index contributed by atoms with van der Waals surface area (Å²) in [6.07, 6.45) is 3.18. The van der Waals surface area contributed by atoms with Crippen molar-refractivity contribution in [2.75, 3.05) is 13.2 Å². The number of aromatic nitrogens is 1. The molecule has 0 bridgehead atoms. The molecule has 1 unspecified atom stereocenters. The topological polar surface area (TPSA) is 69.4 Å². The quantitative estimate of drug-likeness (QED) is 0.460. The predicted molar refractivity (Wildman–Crippen MR) is 78.8 cm³/mol. The molecule has 5 heteroatoms. The second-order valence-electron chi connectivity index (χ2n) is 4.37. The number of hydrazine groups is 1. The van der Waals surface area contributed by atoms with E-state index in [1.807, 2.05) is 44.3 Å². The molecule has 3 N–H and O–H groups in total. The first-order valence-corrected chi connectivity index (χ1v) is 6.83. The highest BCUT2D eigenvalue weighted by atomic mass is 16.7. The van der Waals surface area contributed by atoms with Crippen molar-refractivity contribution in [3.05, 3.63) is 42.2 Å². The lowest BCUT2D eigenvalue weighted by atomic mass is 10.00. The Balaban J connectivity index is 2.42. The summed E-state index contributed by atoms with van der Waals surface area (Å²) in [6, 6.07) is 7.78. The van der Waals surface area contributed by atoms with Crippen LogP contribution in [0.3, 0.4) is 0 Å². The lowest BCUT2D eigenvalue weighted by molar-refractivity contribution is -0.155. The summed E-state index contributed by atoms with van der Waals surface area (Å²) in [5.41, 5.74) is 3.82. The molecule has 0 spiro atoms. The number of hydrogen-bond acceptors (Lipinski definition) is 5. The van der Waals surface area contributed by atoms with Crippen molar-refractivity contribution in [3.8, 4) is 0 Å². The largest absolute Gasteiger partial charge is 0.351 e. The molecule has 1 aromatic heterocycles. The smallest absolute Gasteiger partial charge is 0.178 e. The second-order valence-corrected chi connectivity index (χ2v) is 4.37. The van der Waals surface area contributed by atoms with Gasteiger partial charge in [0.25, 0.3) is 0 Å². The van der Waals surface area contributed by atoms with Gasteiger partial charge in [-0.25, -0.2) is 5.43 Å². The maximum absolute atomic E-state index is 5.73. The first-order valence-electron chi connectivity index (χ1n) is 6.83. The standard InChI is InChI=1S/C15H21N3O2/c1-3-19-15(20-4-2)14(18-16)12-7-5-6-11-8-9-17-10-13(11)12/h5-10,14-15,18H,3-4,16H2,1-2H3. The van der Waals surface area contributed by atoms with E-state index < -0.39 is 6.29 Å². The van der Waals surface area contributed by atoms with Gasteiger partial charge >= 0.3 is 0 Å². The summed E-state index contributed by atoms with van der Waals surface area (Å²) < 4.78 is 11.3. The first-order chi connectivity index (χ1) is 9.81. The molecule has 2 rings (SSSR count). The van der Waals surface area contributed by atoms with Crippen molar-refractivity contribution in [2.24, 2.45) is 5.84 Å². The van der Waals surface area contributed by atoms with Crippen LogP contribution in [0.4, 0.5) is 0 Å². The Bertz CT molecular complexity index is 536. The van der Waals surface area contributed by atoms with Crippen LogP contribution in [0.2, 0.25) is 0 Å². The van der Waals surface area contributed by atoms with Gasteiger partial charge in [-0.15, -0.1) is 0 Å². The fourth-order valence-corrected chi connectivity index (χ4v) is 2.29. The van der Waals surface area contributed by atoms with Crippen LogP contribution in [0.1, 0.15) is 25.5 Å². The number of rotatable bonds is 7. The van der Waals surface area contributed by atoms with Gasteiger partial charge < -0.3 is 9.47 Å². The molecular formula is C15H21N3O2. The third kappa shape index (κ3) is 3.13. The van der Waals surface area contributed by atoms with Crippen LogP contribution in [0.5, 0.6) is 0 Å². The van der Waals surface area contributed by atoms with Crippen molar-refractivity contribution in [1.82, 2.24) is 10.4 Å². The number of pyridine rings is 1. The third-order valence-corrected chi connectivity index (χ3v) is 3.17. The number of nitrogens with zero attached hydrogens (tertiary/aromatic N) is 1. The molecule has 108 valence electrons. The number of benzene rings is 1. The van der Waals surface area contributed by atoms with E-state index in [0.29, 0.717) is 13.2 Å². The van der Waals surface area contributed by atoms with Crippen LogP contribution in [0.25, 0.3) is 10.8 Å². The van der Waals surface area contributed by atoms with Gasteiger partial charge in [-0.05, 0) is 30.9 Å². The Morgan fingerprint density at radius 3 is 2.60 bits per heavy atom. The molecule has 0 aliphatic heterocycles. The normalized spacial score (nSPS) is 13.0. The molecular weight excluding hydrogens is 254 g/mol. The van der Waals surface area contributed by atoms with E-state index in [1.165, 1.54) is 0 Å². The molecule has 20 heavy (non-hydrogen) atoms. The van der Waals surface area contributed by atoms with Crippen LogP contribution in [0, 0.1) is 0 Å². The number of nitrogens with one attached hydrogen (secondary N) is 1. The minimum atomic E-state index is -0.430. The Kier molecular flexibility index (Phi) is 5.43. The Morgan fingerprint density at radius 2 is 1.95 bits per heavy atom. The van der Waals surface area contributed by atoms with Crippen molar-refractivity contribution in [3.63, 3.8) is 0 Å². The van der Waals surface area contributed by atoms with Gasteiger partial charge in [0.2, 0.25) is 0 Å². The van der Waals surface area contributed by atoms with Crippen molar-refractivity contribution in [2.45, 2.75) is 26.2 Å². The lowest BCUT2D eigenvalue weighted by Gasteiger charge is -2.27. The van der Waals surface area contributed by atoms with E-state index in [4.69, 9.17) is 15.3 Å². The predicted octanol–water partition coefficient (Wildman–Crippen LogP) is 2.14. The zero-order valence-corrected chi connectivity index (χ0v) is 11.9. The number of fused-ring (bicyclic) bond motifs is 1. The number of ether oxygens (including phenoxy) is 2. The van der Waals surface area contributed by atoms with Crippen LogP contribution in [-0.2, 0) is 9.47 Å². The average Bonchev–Trinajstić information content (AvgIpc) is 2.49. The van der Waals surface area contributed by atoms with Crippen LogP contribution in [-0.4, -0.2) is 24.5 Å². The third-order valence-electron chi connectivity index (χ3n) is 3.17.